The summed E-state index contributed by atoms with van der Waals surface area (Å²) in [5, 5.41) is 4.16. The molecule has 3 amide bonds. The number of carbonyl (C=O) groups excluding carboxylic acids is 3. The van der Waals surface area contributed by atoms with Crippen LogP contribution < -0.4 is 10.6 Å². The Morgan fingerprint density at radius 2 is 2.00 bits per heavy atom. The van der Waals surface area contributed by atoms with Crippen LogP contribution in [0.1, 0.15) is 17.3 Å². The number of urea groups is 1. The second-order valence-electron chi connectivity index (χ2n) is 3.74. The zero-order chi connectivity index (χ0) is 15.3. The number of nitrogens with one attached hydrogen (secondary N) is 2. The Morgan fingerprint density at radius 1 is 1.35 bits per heavy atom. The van der Waals surface area contributed by atoms with Gasteiger partial charge in [-0.25, -0.2) is 14.0 Å². The van der Waals surface area contributed by atoms with Crippen molar-refractivity contribution < 1.29 is 23.5 Å². The van der Waals surface area contributed by atoms with E-state index in [9.17, 15) is 18.8 Å². The maximum Gasteiger partial charge on any atom is 0.340 e. The number of benzene rings is 1. The van der Waals surface area contributed by atoms with E-state index < -0.39 is 29.8 Å². The first-order valence-electron chi connectivity index (χ1n) is 5.53. The second kappa shape index (κ2) is 6.99. The zero-order valence-electron chi connectivity index (χ0n) is 10.7. The molecule has 1 atom stereocenters. The number of esters is 1. The van der Waals surface area contributed by atoms with Crippen LogP contribution in [0.3, 0.4) is 0 Å². The zero-order valence-corrected chi connectivity index (χ0v) is 12.3. The third-order valence-electron chi connectivity index (χ3n) is 2.27. The average molecular weight is 347 g/mol. The maximum atomic E-state index is 12.9. The van der Waals surface area contributed by atoms with Gasteiger partial charge in [-0.2, -0.15) is 0 Å². The van der Waals surface area contributed by atoms with E-state index in [0.717, 1.165) is 12.1 Å². The molecule has 0 saturated carbocycles. The van der Waals surface area contributed by atoms with Crippen molar-refractivity contribution in [1.29, 1.82) is 0 Å². The van der Waals surface area contributed by atoms with Gasteiger partial charge in [0.25, 0.3) is 5.91 Å². The Labute approximate surface area is 122 Å². The fourth-order valence-electron chi connectivity index (χ4n) is 1.21. The van der Waals surface area contributed by atoms with E-state index in [1.54, 1.807) is 0 Å². The first-order valence-corrected chi connectivity index (χ1v) is 6.33. The third-order valence-corrected chi connectivity index (χ3v) is 2.92. The normalized spacial score (nSPS) is 11.4. The van der Waals surface area contributed by atoms with E-state index in [-0.39, 0.29) is 10.0 Å². The monoisotopic (exact) mass is 346 g/mol. The van der Waals surface area contributed by atoms with Crippen molar-refractivity contribution in [2.45, 2.75) is 13.0 Å². The van der Waals surface area contributed by atoms with Crippen molar-refractivity contribution in [3.63, 3.8) is 0 Å². The van der Waals surface area contributed by atoms with Gasteiger partial charge < -0.3 is 10.1 Å². The highest BCUT2D eigenvalue weighted by molar-refractivity contribution is 9.10. The van der Waals surface area contributed by atoms with E-state index >= 15 is 0 Å². The van der Waals surface area contributed by atoms with Crippen LogP contribution in [-0.2, 0) is 9.53 Å². The number of hydrogen-bond acceptors (Lipinski definition) is 4. The molecule has 0 aliphatic heterocycles. The Balaban J connectivity index is 2.70. The molecule has 6 nitrogen and oxygen atoms in total. The van der Waals surface area contributed by atoms with Crippen LogP contribution in [0.2, 0.25) is 0 Å². The molecule has 0 saturated heterocycles. The van der Waals surface area contributed by atoms with Gasteiger partial charge >= 0.3 is 12.0 Å². The van der Waals surface area contributed by atoms with Crippen molar-refractivity contribution in [3.8, 4) is 0 Å². The first kappa shape index (κ1) is 16.1. The van der Waals surface area contributed by atoms with Crippen molar-refractivity contribution in [3.05, 3.63) is 34.1 Å². The van der Waals surface area contributed by atoms with E-state index in [0.29, 0.717) is 0 Å². The molecular formula is C12H12BrFN2O4. The quantitative estimate of drug-likeness (QED) is 0.814. The lowest BCUT2D eigenvalue weighted by molar-refractivity contribution is -0.127. The summed E-state index contributed by atoms with van der Waals surface area (Å²) in [6.07, 6.45) is -1.17. The van der Waals surface area contributed by atoms with Gasteiger partial charge in [0, 0.05) is 11.5 Å². The molecule has 1 rings (SSSR count). The fourth-order valence-corrected chi connectivity index (χ4v) is 1.72. The molecule has 1 aromatic carbocycles. The molecule has 0 aliphatic carbocycles. The maximum absolute atomic E-state index is 12.9. The number of ether oxygens (including phenoxy) is 1. The highest BCUT2D eigenvalue weighted by atomic mass is 79.9. The van der Waals surface area contributed by atoms with Gasteiger partial charge in [0.05, 0.1) is 5.56 Å². The number of carbonyl (C=O) groups is 3. The summed E-state index contributed by atoms with van der Waals surface area (Å²) in [5.41, 5.74) is 0.0750. The Bertz CT molecular complexity index is 550. The van der Waals surface area contributed by atoms with Gasteiger partial charge in [-0.05, 0) is 41.1 Å². The van der Waals surface area contributed by atoms with E-state index in [4.69, 9.17) is 4.74 Å². The molecule has 108 valence electrons. The number of amides is 3. The van der Waals surface area contributed by atoms with Crippen molar-refractivity contribution >= 4 is 33.8 Å². The van der Waals surface area contributed by atoms with Crippen molar-refractivity contribution in [2.24, 2.45) is 0 Å². The minimum Gasteiger partial charge on any atom is -0.449 e. The minimum absolute atomic E-state index is 0.0750. The topological polar surface area (TPSA) is 84.5 Å². The number of imide groups is 1. The summed E-state index contributed by atoms with van der Waals surface area (Å²) < 4.78 is 18.0. The van der Waals surface area contributed by atoms with Crippen LogP contribution in [-0.4, -0.2) is 31.1 Å². The largest absolute Gasteiger partial charge is 0.449 e. The van der Waals surface area contributed by atoms with E-state index in [1.807, 2.05) is 5.32 Å². The molecule has 20 heavy (non-hydrogen) atoms. The summed E-state index contributed by atoms with van der Waals surface area (Å²) in [4.78, 5) is 34.2. The molecule has 0 aliphatic rings. The van der Waals surface area contributed by atoms with E-state index in [2.05, 4.69) is 21.2 Å². The van der Waals surface area contributed by atoms with E-state index in [1.165, 1.54) is 20.0 Å². The lowest BCUT2D eigenvalue weighted by atomic mass is 10.2. The van der Waals surface area contributed by atoms with Crippen LogP contribution in [0.4, 0.5) is 9.18 Å². The van der Waals surface area contributed by atoms with Crippen LogP contribution in [0.5, 0.6) is 0 Å². The number of halogens is 2. The van der Waals surface area contributed by atoms with Gasteiger partial charge in [0.15, 0.2) is 6.10 Å². The summed E-state index contributed by atoms with van der Waals surface area (Å²) in [7, 11) is 1.34. The van der Waals surface area contributed by atoms with Gasteiger partial charge in [0.1, 0.15) is 5.82 Å². The minimum atomic E-state index is -1.17. The highest BCUT2D eigenvalue weighted by Gasteiger charge is 2.21. The number of rotatable bonds is 3. The molecule has 1 aromatic rings. The second-order valence-corrected chi connectivity index (χ2v) is 4.59. The van der Waals surface area contributed by atoms with Crippen LogP contribution in [0, 0.1) is 5.82 Å². The third kappa shape index (κ3) is 4.30. The summed E-state index contributed by atoms with van der Waals surface area (Å²) >= 11 is 3.02. The molecule has 0 aromatic heterocycles. The fraction of sp³-hybridized carbons (Fsp3) is 0.250. The van der Waals surface area contributed by atoms with Gasteiger partial charge in [-0.1, -0.05) is 0 Å². The highest BCUT2D eigenvalue weighted by Crippen LogP contribution is 2.19. The van der Waals surface area contributed by atoms with Crippen molar-refractivity contribution in [2.75, 3.05) is 7.05 Å². The predicted molar refractivity (Wildman–Crippen MR) is 71.6 cm³/mol. The Hall–Kier alpha value is -1.96. The number of hydrogen-bond donors (Lipinski definition) is 2. The lowest BCUT2D eigenvalue weighted by Gasteiger charge is -2.13. The molecule has 0 radical (unpaired) electrons. The molecule has 2 N–H and O–H groups in total. The molecular weight excluding hydrogens is 335 g/mol. The Morgan fingerprint density at radius 3 is 2.55 bits per heavy atom. The molecule has 0 bridgehead atoms. The summed E-state index contributed by atoms with van der Waals surface area (Å²) in [6.45, 7) is 1.31. The summed E-state index contributed by atoms with van der Waals surface area (Å²) in [6, 6.07) is 2.72. The predicted octanol–water partition coefficient (Wildman–Crippen LogP) is 1.59. The molecule has 8 heteroatoms. The SMILES string of the molecule is CNC(=O)NC(=O)[C@H](C)OC(=O)c1ccc(F)cc1Br. The Kier molecular flexibility index (Phi) is 5.63. The van der Waals surface area contributed by atoms with Gasteiger partial charge in [-0.3, -0.25) is 10.1 Å². The van der Waals surface area contributed by atoms with Gasteiger partial charge in [0.2, 0.25) is 0 Å². The van der Waals surface area contributed by atoms with Crippen molar-refractivity contribution in [1.82, 2.24) is 10.6 Å². The lowest BCUT2D eigenvalue weighted by Crippen LogP contribution is -2.43. The molecule has 0 spiro atoms. The first-order chi connectivity index (χ1) is 9.35. The molecule has 0 fully saturated rings. The smallest absolute Gasteiger partial charge is 0.340 e. The van der Waals surface area contributed by atoms with Gasteiger partial charge in [-0.15, -0.1) is 0 Å². The average Bonchev–Trinajstić information content (AvgIpc) is 2.37. The van der Waals surface area contributed by atoms with Crippen LogP contribution >= 0.6 is 15.9 Å². The van der Waals surface area contributed by atoms with Crippen LogP contribution in [0.15, 0.2) is 22.7 Å². The molecule has 0 heterocycles. The van der Waals surface area contributed by atoms with Crippen LogP contribution in [0.25, 0.3) is 0 Å². The summed E-state index contributed by atoms with van der Waals surface area (Å²) in [5.74, 6) is -2.09. The standard InChI is InChI=1S/C12H12BrFN2O4/c1-6(10(17)16-12(19)15-2)20-11(18)8-4-3-7(14)5-9(8)13/h3-6H,1-2H3,(H2,15,16,17,19)/t6-/m0/s1. The molecule has 0 unspecified atom stereocenters.